The molecule has 1 aliphatic rings. The van der Waals surface area contributed by atoms with E-state index in [2.05, 4.69) is 24.0 Å². The normalized spacial score (nSPS) is 21.4. The van der Waals surface area contributed by atoms with Crippen molar-refractivity contribution in [2.24, 2.45) is 0 Å². The summed E-state index contributed by atoms with van der Waals surface area (Å²) in [7, 11) is 0. The Balaban J connectivity index is 1.73. The first-order valence-corrected chi connectivity index (χ1v) is 7.92. The van der Waals surface area contributed by atoms with Gasteiger partial charge < -0.3 is 14.1 Å². The molecule has 0 N–H and O–H groups in total. The number of rotatable bonds is 3. The van der Waals surface area contributed by atoms with Crippen LogP contribution in [0.25, 0.3) is 0 Å². The molecule has 2 heterocycles. The van der Waals surface area contributed by atoms with Gasteiger partial charge in [-0.15, -0.1) is 0 Å². The molecule has 2 aromatic rings. The Kier molecular flexibility index (Phi) is 4.48. The first-order chi connectivity index (χ1) is 11.0. The highest BCUT2D eigenvalue weighted by atomic mass is 16.5. The lowest BCUT2D eigenvalue weighted by atomic mass is 10.0. The van der Waals surface area contributed by atoms with E-state index in [0.717, 1.165) is 5.56 Å². The van der Waals surface area contributed by atoms with E-state index in [4.69, 9.17) is 9.15 Å². The molecule has 0 bridgehead atoms. The Labute approximate surface area is 136 Å². The van der Waals surface area contributed by atoms with Gasteiger partial charge in [-0.25, -0.2) is 4.98 Å². The molecular weight excluding hydrogens is 292 g/mol. The Morgan fingerprint density at radius 1 is 1.35 bits per heavy atom. The summed E-state index contributed by atoms with van der Waals surface area (Å²) < 4.78 is 11.4. The molecule has 1 aromatic heterocycles. The maximum atomic E-state index is 12.6. The van der Waals surface area contributed by atoms with Gasteiger partial charge in [0, 0.05) is 6.92 Å². The van der Waals surface area contributed by atoms with Crippen LogP contribution in [0.1, 0.15) is 35.8 Å². The highest BCUT2D eigenvalue weighted by molar-refractivity contribution is 5.78. The van der Waals surface area contributed by atoms with E-state index in [1.54, 1.807) is 13.1 Å². The van der Waals surface area contributed by atoms with Gasteiger partial charge in [-0.05, 0) is 25.0 Å². The molecule has 0 radical (unpaired) electrons. The summed E-state index contributed by atoms with van der Waals surface area (Å²) in [4.78, 5) is 18.6. The van der Waals surface area contributed by atoms with E-state index in [0.29, 0.717) is 24.8 Å². The van der Waals surface area contributed by atoms with Crippen LogP contribution in [0.4, 0.5) is 0 Å². The third kappa shape index (κ3) is 3.45. The summed E-state index contributed by atoms with van der Waals surface area (Å²) in [6.45, 7) is 6.97. The van der Waals surface area contributed by atoms with Gasteiger partial charge in [0.15, 0.2) is 5.89 Å². The molecule has 1 fully saturated rings. The zero-order chi connectivity index (χ0) is 16.4. The van der Waals surface area contributed by atoms with Crippen molar-refractivity contribution in [2.45, 2.75) is 39.3 Å². The van der Waals surface area contributed by atoms with Gasteiger partial charge in [0.05, 0.1) is 31.8 Å². The number of hydrogen-bond donors (Lipinski definition) is 0. The van der Waals surface area contributed by atoms with E-state index >= 15 is 0 Å². The largest absolute Gasteiger partial charge is 0.446 e. The van der Waals surface area contributed by atoms with Crippen LogP contribution in [-0.2, 0) is 16.0 Å². The molecule has 1 aromatic carbocycles. The van der Waals surface area contributed by atoms with E-state index in [9.17, 15) is 4.79 Å². The minimum Gasteiger partial charge on any atom is -0.446 e. The van der Waals surface area contributed by atoms with Crippen molar-refractivity contribution in [2.75, 3.05) is 13.2 Å². The van der Waals surface area contributed by atoms with Gasteiger partial charge in [0.25, 0.3) is 0 Å². The Bertz CT molecular complexity index is 695. The predicted molar refractivity (Wildman–Crippen MR) is 86.0 cm³/mol. The number of nitrogens with zero attached hydrogens (tertiary/aromatic N) is 2. The number of oxazole rings is 1. The van der Waals surface area contributed by atoms with Crippen LogP contribution in [-0.4, -0.2) is 35.0 Å². The zero-order valence-corrected chi connectivity index (χ0v) is 13.8. The molecule has 5 heteroatoms. The van der Waals surface area contributed by atoms with Gasteiger partial charge in [-0.1, -0.05) is 24.3 Å². The summed E-state index contributed by atoms with van der Waals surface area (Å²) in [6, 6.07) is 8.22. The summed E-state index contributed by atoms with van der Waals surface area (Å²) >= 11 is 0. The molecule has 5 nitrogen and oxygen atoms in total. The van der Waals surface area contributed by atoms with Gasteiger partial charge in [-0.2, -0.15) is 0 Å². The van der Waals surface area contributed by atoms with Gasteiger partial charge >= 0.3 is 0 Å². The van der Waals surface area contributed by atoms with Crippen molar-refractivity contribution in [3.63, 3.8) is 0 Å². The van der Waals surface area contributed by atoms with Crippen molar-refractivity contribution >= 4 is 5.91 Å². The molecule has 1 amide bonds. The number of carbonyl (C=O) groups excluding carboxylic acids is 1. The number of benzene rings is 1. The smallest absolute Gasteiger partial charge is 0.230 e. The fourth-order valence-corrected chi connectivity index (χ4v) is 2.98. The molecular formula is C18H22N2O3. The Morgan fingerprint density at radius 2 is 2.13 bits per heavy atom. The number of aromatic nitrogens is 1. The minimum atomic E-state index is -0.0761. The molecule has 0 spiro atoms. The fraction of sp³-hybridized carbons (Fsp3) is 0.444. The van der Waals surface area contributed by atoms with E-state index in [1.807, 2.05) is 24.0 Å². The van der Waals surface area contributed by atoms with Crippen molar-refractivity contribution in [3.8, 4) is 0 Å². The third-order valence-electron chi connectivity index (χ3n) is 4.28. The number of amides is 1. The van der Waals surface area contributed by atoms with Crippen LogP contribution in [0, 0.1) is 13.8 Å². The SMILES string of the molecule is Cc1ncc(CC(=O)N2CC(c3ccccc3C)OCC2C)o1. The van der Waals surface area contributed by atoms with Crippen molar-refractivity contribution in [1.29, 1.82) is 0 Å². The predicted octanol–water partition coefficient (Wildman–Crippen LogP) is 2.82. The Hall–Kier alpha value is -2.14. The molecule has 0 aliphatic carbocycles. The van der Waals surface area contributed by atoms with Crippen molar-refractivity contribution < 1.29 is 13.9 Å². The third-order valence-corrected chi connectivity index (χ3v) is 4.28. The van der Waals surface area contributed by atoms with Gasteiger partial charge in [0.2, 0.25) is 5.91 Å². The summed E-state index contributed by atoms with van der Waals surface area (Å²) in [6.07, 6.45) is 1.79. The Morgan fingerprint density at radius 3 is 2.83 bits per heavy atom. The second-order valence-corrected chi connectivity index (χ2v) is 6.10. The van der Waals surface area contributed by atoms with E-state index in [-0.39, 0.29) is 24.5 Å². The average Bonchev–Trinajstić information content (AvgIpc) is 2.93. The molecule has 0 saturated carbocycles. The summed E-state index contributed by atoms with van der Waals surface area (Å²) in [5, 5.41) is 0. The molecule has 1 saturated heterocycles. The number of ether oxygens (including phenoxy) is 1. The van der Waals surface area contributed by atoms with Crippen LogP contribution >= 0.6 is 0 Å². The number of carbonyl (C=O) groups is 1. The van der Waals surface area contributed by atoms with Crippen LogP contribution in [0.2, 0.25) is 0 Å². The molecule has 122 valence electrons. The second-order valence-electron chi connectivity index (χ2n) is 6.10. The number of aryl methyl sites for hydroxylation is 2. The van der Waals surface area contributed by atoms with Crippen LogP contribution in [0.15, 0.2) is 34.9 Å². The van der Waals surface area contributed by atoms with Crippen LogP contribution in [0.5, 0.6) is 0 Å². The van der Waals surface area contributed by atoms with E-state index in [1.165, 1.54) is 5.56 Å². The van der Waals surface area contributed by atoms with Gasteiger partial charge in [0.1, 0.15) is 11.9 Å². The van der Waals surface area contributed by atoms with Gasteiger partial charge in [-0.3, -0.25) is 4.79 Å². The quantitative estimate of drug-likeness (QED) is 0.874. The minimum absolute atomic E-state index is 0.0514. The fourth-order valence-electron chi connectivity index (χ4n) is 2.98. The highest BCUT2D eigenvalue weighted by Crippen LogP contribution is 2.27. The monoisotopic (exact) mass is 314 g/mol. The molecule has 2 unspecified atom stereocenters. The molecule has 23 heavy (non-hydrogen) atoms. The lowest BCUT2D eigenvalue weighted by Crippen LogP contribution is -2.48. The number of hydrogen-bond acceptors (Lipinski definition) is 4. The molecule has 3 rings (SSSR count). The summed E-state index contributed by atoms with van der Waals surface area (Å²) in [5.74, 6) is 1.25. The zero-order valence-electron chi connectivity index (χ0n) is 13.8. The maximum Gasteiger partial charge on any atom is 0.230 e. The van der Waals surface area contributed by atoms with Crippen molar-refractivity contribution in [3.05, 3.63) is 53.2 Å². The first-order valence-electron chi connectivity index (χ1n) is 7.92. The molecule has 2 atom stereocenters. The maximum absolute atomic E-state index is 12.6. The second kappa shape index (κ2) is 6.54. The topological polar surface area (TPSA) is 55.6 Å². The standard InChI is InChI=1S/C18H22N2O3/c1-12-6-4-5-7-16(12)17-10-20(13(2)11-22-17)18(21)8-15-9-19-14(3)23-15/h4-7,9,13,17H,8,10-11H2,1-3H3. The van der Waals surface area contributed by atoms with Crippen LogP contribution < -0.4 is 0 Å². The van der Waals surface area contributed by atoms with Crippen molar-refractivity contribution in [1.82, 2.24) is 9.88 Å². The summed E-state index contributed by atoms with van der Waals surface area (Å²) in [5.41, 5.74) is 2.33. The highest BCUT2D eigenvalue weighted by Gasteiger charge is 2.31. The van der Waals surface area contributed by atoms with Crippen LogP contribution in [0.3, 0.4) is 0 Å². The lowest BCUT2D eigenvalue weighted by Gasteiger charge is -2.38. The lowest BCUT2D eigenvalue weighted by molar-refractivity contribution is -0.144. The molecule has 1 aliphatic heterocycles. The number of morpholine rings is 1. The average molecular weight is 314 g/mol. The first kappa shape index (κ1) is 15.7. The van der Waals surface area contributed by atoms with E-state index < -0.39 is 0 Å².